The first-order chi connectivity index (χ1) is 7.26. The topological polar surface area (TPSA) is 29.1 Å². The van der Waals surface area contributed by atoms with E-state index in [1.807, 2.05) is 23.9 Å². The van der Waals surface area contributed by atoms with E-state index in [1.54, 1.807) is 0 Å². The van der Waals surface area contributed by atoms with Crippen LogP contribution in [0.5, 0.6) is 0 Å². The highest BCUT2D eigenvalue weighted by atomic mass is 32.2. The minimum Gasteiger partial charge on any atom is -0.348 e. The number of amides is 1. The molecule has 0 aromatic heterocycles. The van der Waals surface area contributed by atoms with Gasteiger partial charge in [0.15, 0.2) is 0 Å². The zero-order valence-corrected chi connectivity index (χ0v) is 9.64. The number of carbonyl (C=O) groups excluding carboxylic acids is 1. The van der Waals surface area contributed by atoms with Gasteiger partial charge in [-0.2, -0.15) is 0 Å². The van der Waals surface area contributed by atoms with Gasteiger partial charge in [0.25, 0.3) is 0 Å². The molecule has 0 aliphatic rings. The van der Waals surface area contributed by atoms with E-state index >= 15 is 0 Å². The fourth-order valence-corrected chi connectivity index (χ4v) is 1.79. The summed E-state index contributed by atoms with van der Waals surface area (Å²) in [5, 5.41) is 2.74. The van der Waals surface area contributed by atoms with Crippen LogP contribution in [0, 0.1) is 0 Å². The summed E-state index contributed by atoms with van der Waals surface area (Å²) in [6, 6.07) is 8.20. The summed E-state index contributed by atoms with van der Waals surface area (Å²) in [6.07, 6.45) is 1.28. The summed E-state index contributed by atoms with van der Waals surface area (Å²) < 4.78 is 0. The van der Waals surface area contributed by atoms with Crippen LogP contribution in [0.4, 0.5) is 0 Å². The van der Waals surface area contributed by atoms with Crippen molar-refractivity contribution in [2.75, 3.05) is 5.75 Å². The molecular formula is C12H15NOS. The van der Waals surface area contributed by atoms with Crippen LogP contribution in [-0.2, 0) is 11.3 Å². The van der Waals surface area contributed by atoms with Gasteiger partial charge in [-0.3, -0.25) is 4.79 Å². The van der Waals surface area contributed by atoms with Gasteiger partial charge in [0.05, 0.1) is 0 Å². The van der Waals surface area contributed by atoms with Gasteiger partial charge in [0, 0.05) is 11.4 Å². The lowest BCUT2D eigenvalue weighted by molar-refractivity contribution is -0.116. The molecule has 0 aliphatic carbocycles. The third kappa shape index (κ3) is 4.21. The SMILES string of the molecule is C=CC(=O)NCc1ccc(SCC)cc1. The third-order valence-electron chi connectivity index (χ3n) is 1.89. The van der Waals surface area contributed by atoms with E-state index in [1.165, 1.54) is 11.0 Å². The molecule has 0 bridgehead atoms. The molecule has 0 heterocycles. The molecule has 15 heavy (non-hydrogen) atoms. The molecule has 0 aliphatic heterocycles. The molecule has 1 aromatic carbocycles. The Bertz CT molecular complexity index is 332. The van der Waals surface area contributed by atoms with E-state index in [2.05, 4.69) is 31.0 Å². The molecule has 0 atom stereocenters. The van der Waals surface area contributed by atoms with Crippen LogP contribution in [0.25, 0.3) is 0 Å². The fraction of sp³-hybridized carbons (Fsp3) is 0.250. The molecule has 1 rings (SSSR count). The van der Waals surface area contributed by atoms with Crippen molar-refractivity contribution in [1.82, 2.24) is 5.32 Å². The number of benzene rings is 1. The first-order valence-electron chi connectivity index (χ1n) is 4.88. The molecule has 2 nitrogen and oxygen atoms in total. The fourth-order valence-electron chi connectivity index (χ4n) is 1.13. The molecule has 0 unspecified atom stereocenters. The number of carbonyl (C=O) groups is 1. The molecule has 0 radical (unpaired) electrons. The highest BCUT2D eigenvalue weighted by Gasteiger charge is 1.96. The van der Waals surface area contributed by atoms with Crippen molar-refractivity contribution in [2.24, 2.45) is 0 Å². The van der Waals surface area contributed by atoms with Crippen molar-refractivity contribution in [3.05, 3.63) is 42.5 Å². The molecule has 0 fully saturated rings. The summed E-state index contributed by atoms with van der Waals surface area (Å²) in [6.45, 7) is 6.08. The van der Waals surface area contributed by atoms with Gasteiger partial charge in [-0.05, 0) is 29.5 Å². The minimum atomic E-state index is -0.137. The summed E-state index contributed by atoms with van der Waals surface area (Å²) in [4.78, 5) is 12.2. The highest BCUT2D eigenvalue weighted by molar-refractivity contribution is 7.99. The number of thioether (sulfide) groups is 1. The van der Waals surface area contributed by atoms with E-state index in [4.69, 9.17) is 0 Å². The van der Waals surface area contributed by atoms with Crippen LogP contribution < -0.4 is 5.32 Å². The van der Waals surface area contributed by atoms with Gasteiger partial charge >= 0.3 is 0 Å². The van der Waals surface area contributed by atoms with Gasteiger partial charge in [0.2, 0.25) is 5.91 Å². The standard InChI is InChI=1S/C12H15NOS/c1-3-12(14)13-9-10-5-7-11(8-6-10)15-4-2/h3,5-8H,1,4,9H2,2H3,(H,13,14). The first kappa shape index (κ1) is 11.9. The lowest BCUT2D eigenvalue weighted by Crippen LogP contribution is -2.19. The Morgan fingerprint density at radius 3 is 2.67 bits per heavy atom. The van der Waals surface area contributed by atoms with Crippen molar-refractivity contribution in [1.29, 1.82) is 0 Å². The molecule has 1 N–H and O–H groups in total. The molecule has 0 spiro atoms. The third-order valence-corrected chi connectivity index (χ3v) is 2.78. The van der Waals surface area contributed by atoms with E-state index in [-0.39, 0.29) is 5.91 Å². The Labute approximate surface area is 94.8 Å². The van der Waals surface area contributed by atoms with Gasteiger partial charge in [-0.15, -0.1) is 11.8 Å². The lowest BCUT2D eigenvalue weighted by atomic mass is 10.2. The zero-order chi connectivity index (χ0) is 11.1. The summed E-state index contributed by atoms with van der Waals surface area (Å²) in [5.41, 5.74) is 1.10. The van der Waals surface area contributed by atoms with Gasteiger partial charge < -0.3 is 5.32 Å². The van der Waals surface area contributed by atoms with Crippen LogP contribution in [0.2, 0.25) is 0 Å². The Kier molecular flexibility index (Phi) is 4.98. The Morgan fingerprint density at radius 2 is 2.13 bits per heavy atom. The highest BCUT2D eigenvalue weighted by Crippen LogP contribution is 2.17. The van der Waals surface area contributed by atoms with E-state index in [0.717, 1.165) is 11.3 Å². The largest absolute Gasteiger partial charge is 0.348 e. The van der Waals surface area contributed by atoms with Crippen LogP contribution in [0.1, 0.15) is 12.5 Å². The summed E-state index contributed by atoms with van der Waals surface area (Å²) in [7, 11) is 0. The molecular weight excluding hydrogens is 206 g/mol. The average molecular weight is 221 g/mol. The van der Waals surface area contributed by atoms with Crippen LogP contribution in [0.15, 0.2) is 41.8 Å². The number of nitrogens with one attached hydrogen (secondary N) is 1. The van der Waals surface area contributed by atoms with Crippen LogP contribution >= 0.6 is 11.8 Å². The van der Waals surface area contributed by atoms with E-state index in [9.17, 15) is 4.79 Å². The van der Waals surface area contributed by atoms with Crippen LogP contribution in [-0.4, -0.2) is 11.7 Å². The average Bonchev–Trinajstić information content (AvgIpc) is 2.28. The normalized spacial score (nSPS) is 9.67. The van der Waals surface area contributed by atoms with E-state index < -0.39 is 0 Å². The van der Waals surface area contributed by atoms with Gasteiger partial charge in [-0.1, -0.05) is 25.6 Å². The maximum absolute atomic E-state index is 10.9. The van der Waals surface area contributed by atoms with Gasteiger partial charge in [-0.25, -0.2) is 0 Å². The Morgan fingerprint density at radius 1 is 1.47 bits per heavy atom. The first-order valence-corrected chi connectivity index (χ1v) is 5.87. The Balaban J connectivity index is 2.49. The Hall–Kier alpha value is -1.22. The maximum atomic E-state index is 10.9. The zero-order valence-electron chi connectivity index (χ0n) is 8.82. The van der Waals surface area contributed by atoms with Gasteiger partial charge in [0.1, 0.15) is 0 Å². The van der Waals surface area contributed by atoms with Crippen molar-refractivity contribution >= 4 is 17.7 Å². The monoisotopic (exact) mass is 221 g/mol. The predicted octanol–water partition coefficient (Wildman–Crippen LogP) is 2.60. The summed E-state index contributed by atoms with van der Waals surface area (Å²) in [5.74, 6) is 0.939. The molecule has 3 heteroatoms. The lowest BCUT2D eigenvalue weighted by Gasteiger charge is -2.03. The van der Waals surface area contributed by atoms with E-state index in [0.29, 0.717) is 6.54 Å². The molecule has 0 saturated heterocycles. The molecule has 1 amide bonds. The van der Waals surface area contributed by atoms with Crippen molar-refractivity contribution in [2.45, 2.75) is 18.4 Å². The number of rotatable bonds is 5. The second kappa shape index (κ2) is 6.30. The smallest absolute Gasteiger partial charge is 0.243 e. The van der Waals surface area contributed by atoms with Crippen molar-refractivity contribution in [3.63, 3.8) is 0 Å². The predicted molar refractivity (Wildman–Crippen MR) is 64.9 cm³/mol. The van der Waals surface area contributed by atoms with Crippen molar-refractivity contribution < 1.29 is 4.79 Å². The van der Waals surface area contributed by atoms with Crippen LogP contribution in [0.3, 0.4) is 0 Å². The summed E-state index contributed by atoms with van der Waals surface area (Å²) >= 11 is 1.81. The molecule has 1 aromatic rings. The minimum absolute atomic E-state index is 0.137. The maximum Gasteiger partial charge on any atom is 0.243 e. The van der Waals surface area contributed by atoms with Crippen molar-refractivity contribution in [3.8, 4) is 0 Å². The quantitative estimate of drug-likeness (QED) is 0.611. The number of hydrogen-bond donors (Lipinski definition) is 1. The second-order valence-corrected chi connectivity index (χ2v) is 4.34. The second-order valence-electron chi connectivity index (χ2n) is 3.00. The molecule has 0 saturated carbocycles. The molecule has 80 valence electrons. The number of hydrogen-bond acceptors (Lipinski definition) is 2.